The van der Waals surface area contributed by atoms with Crippen molar-refractivity contribution in [2.45, 2.75) is 6.54 Å². The molecule has 0 aromatic carbocycles. The zero-order chi connectivity index (χ0) is 8.39. The largest absolute Gasteiger partial charge is 0.325 e. The van der Waals surface area contributed by atoms with E-state index in [2.05, 4.69) is 4.98 Å². The van der Waals surface area contributed by atoms with Gasteiger partial charge in [0.2, 0.25) is 0 Å². The molecule has 0 amide bonds. The summed E-state index contributed by atoms with van der Waals surface area (Å²) in [4.78, 5) is 14.4. The second kappa shape index (κ2) is 2.77. The van der Waals surface area contributed by atoms with Gasteiger partial charge in [-0.3, -0.25) is 0 Å². The lowest BCUT2D eigenvalue weighted by molar-refractivity contribution is -0.108. The molecule has 2 heterocycles. The Morgan fingerprint density at radius 2 is 2.42 bits per heavy atom. The number of pyridine rings is 1. The lowest BCUT2D eigenvalue weighted by Crippen LogP contribution is -1.97. The summed E-state index contributed by atoms with van der Waals surface area (Å²) in [7, 11) is 0. The van der Waals surface area contributed by atoms with Crippen LogP contribution in [-0.4, -0.2) is 15.8 Å². The molecule has 0 aliphatic heterocycles. The van der Waals surface area contributed by atoms with E-state index in [0.717, 1.165) is 17.3 Å². The van der Waals surface area contributed by atoms with Crippen LogP contribution in [0.4, 0.5) is 0 Å². The van der Waals surface area contributed by atoms with E-state index in [1.807, 2.05) is 29.0 Å². The molecule has 0 atom stereocenters. The van der Waals surface area contributed by atoms with Crippen molar-refractivity contribution in [2.24, 2.45) is 0 Å². The van der Waals surface area contributed by atoms with Gasteiger partial charge in [0.25, 0.3) is 0 Å². The number of fused-ring (bicyclic) bond motifs is 1. The van der Waals surface area contributed by atoms with Gasteiger partial charge in [0.1, 0.15) is 11.9 Å². The van der Waals surface area contributed by atoms with Crippen LogP contribution in [-0.2, 0) is 11.3 Å². The topological polar surface area (TPSA) is 34.9 Å². The van der Waals surface area contributed by atoms with Crippen molar-refractivity contribution in [3.05, 3.63) is 30.6 Å². The van der Waals surface area contributed by atoms with Gasteiger partial charge in [0.05, 0.1) is 6.54 Å². The van der Waals surface area contributed by atoms with Gasteiger partial charge in [-0.1, -0.05) is 0 Å². The SMILES string of the molecule is O=CCn1ccc2cccnc21. The molecule has 0 fully saturated rings. The molecular formula is C9H8N2O. The fourth-order valence-electron chi connectivity index (χ4n) is 1.25. The Bertz CT molecular complexity index is 406. The number of nitrogens with zero attached hydrogens (tertiary/aromatic N) is 2. The van der Waals surface area contributed by atoms with Gasteiger partial charge in [-0.2, -0.15) is 0 Å². The van der Waals surface area contributed by atoms with Gasteiger partial charge < -0.3 is 9.36 Å². The first-order chi connectivity index (χ1) is 5.92. The zero-order valence-corrected chi connectivity index (χ0v) is 6.47. The van der Waals surface area contributed by atoms with Crippen LogP contribution in [0.5, 0.6) is 0 Å². The molecule has 3 heteroatoms. The minimum absolute atomic E-state index is 0.376. The summed E-state index contributed by atoms with van der Waals surface area (Å²) in [6, 6.07) is 5.81. The number of rotatable bonds is 2. The highest BCUT2D eigenvalue weighted by Gasteiger charge is 1.98. The molecule has 0 unspecified atom stereocenters. The van der Waals surface area contributed by atoms with Gasteiger partial charge in [-0.05, 0) is 18.2 Å². The van der Waals surface area contributed by atoms with Crippen LogP contribution in [0.1, 0.15) is 0 Å². The number of carbonyl (C=O) groups excluding carboxylic acids is 1. The summed E-state index contributed by atoms with van der Waals surface area (Å²) in [6.07, 6.45) is 4.46. The molecule has 0 aliphatic carbocycles. The van der Waals surface area contributed by atoms with Crippen LogP contribution in [0.15, 0.2) is 30.6 Å². The normalized spacial score (nSPS) is 10.3. The molecule has 2 aromatic heterocycles. The number of aldehydes is 1. The van der Waals surface area contributed by atoms with E-state index in [0.29, 0.717) is 6.54 Å². The van der Waals surface area contributed by atoms with Crippen molar-refractivity contribution in [2.75, 3.05) is 0 Å². The molecule has 2 aromatic rings. The molecule has 12 heavy (non-hydrogen) atoms. The average molecular weight is 160 g/mol. The zero-order valence-electron chi connectivity index (χ0n) is 6.47. The van der Waals surface area contributed by atoms with Crippen molar-refractivity contribution < 1.29 is 4.79 Å². The number of carbonyl (C=O) groups is 1. The lowest BCUT2D eigenvalue weighted by Gasteiger charge is -1.96. The third kappa shape index (κ3) is 0.993. The van der Waals surface area contributed by atoms with E-state index >= 15 is 0 Å². The Balaban J connectivity index is 2.62. The van der Waals surface area contributed by atoms with E-state index in [-0.39, 0.29) is 0 Å². The number of aromatic nitrogens is 2. The Morgan fingerprint density at radius 1 is 1.50 bits per heavy atom. The van der Waals surface area contributed by atoms with Gasteiger partial charge in [-0.15, -0.1) is 0 Å². The van der Waals surface area contributed by atoms with Gasteiger partial charge >= 0.3 is 0 Å². The van der Waals surface area contributed by atoms with Crippen molar-refractivity contribution in [1.29, 1.82) is 0 Å². The summed E-state index contributed by atoms with van der Waals surface area (Å²) >= 11 is 0. The molecule has 0 aliphatic rings. The Hall–Kier alpha value is -1.64. The van der Waals surface area contributed by atoms with Crippen LogP contribution in [0.25, 0.3) is 11.0 Å². The monoisotopic (exact) mass is 160 g/mol. The molecule has 2 rings (SSSR count). The average Bonchev–Trinajstić information content (AvgIpc) is 2.50. The fraction of sp³-hybridized carbons (Fsp3) is 0.111. The molecule has 0 saturated heterocycles. The highest BCUT2D eigenvalue weighted by molar-refractivity contribution is 5.76. The molecule has 3 nitrogen and oxygen atoms in total. The van der Waals surface area contributed by atoms with Crippen LogP contribution in [0.2, 0.25) is 0 Å². The molecule has 0 saturated carbocycles. The highest BCUT2D eigenvalue weighted by Crippen LogP contribution is 2.10. The van der Waals surface area contributed by atoms with Crippen molar-refractivity contribution in [1.82, 2.24) is 9.55 Å². The summed E-state index contributed by atoms with van der Waals surface area (Å²) < 4.78 is 1.82. The Labute approximate surface area is 69.6 Å². The quantitative estimate of drug-likeness (QED) is 0.619. The van der Waals surface area contributed by atoms with E-state index in [1.54, 1.807) is 6.20 Å². The summed E-state index contributed by atoms with van der Waals surface area (Å²) in [5.74, 6) is 0. The van der Waals surface area contributed by atoms with Gasteiger partial charge in [0, 0.05) is 17.8 Å². The van der Waals surface area contributed by atoms with E-state index < -0.39 is 0 Å². The van der Waals surface area contributed by atoms with Crippen LogP contribution in [0.3, 0.4) is 0 Å². The Kier molecular flexibility index (Phi) is 1.63. The van der Waals surface area contributed by atoms with E-state index in [1.165, 1.54) is 0 Å². The van der Waals surface area contributed by atoms with Crippen LogP contribution >= 0.6 is 0 Å². The van der Waals surface area contributed by atoms with Crippen molar-refractivity contribution in [3.8, 4) is 0 Å². The van der Waals surface area contributed by atoms with Crippen LogP contribution in [0, 0.1) is 0 Å². The first-order valence-corrected chi connectivity index (χ1v) is 3.75. The third-order valence-corrected chi connectivity index (χ3v) is 1.79. The molecular weight excluding hydrogens is 152 g/mol. The maximum absolute atomic E-state index is 10.3. The molecule has 0 spiro atoms. The van der Waals surface area contributed by atoms with E-state index in [9.17, 15) is 4.79 Å². The maximum Gasteiger partial charge on any atom is 0.140 e. The lowest BCUT2D eigenvalue weighted by atomic mass is 10.3. The Morgan fingerprint density at radius 3 is 3.25 bits per heavy atom. The molecule has 0 bridgehead atoms. The first kappa shape index (κ1) is 7.03. The van der Waals surface area contributed by atoms with Crippen molar-refractivity contribution in [3.63, 3.8) is 0 Å². The number of hydrogen-bond acceptors (Lipinski definition) is 2. The first-order valence-electron chi connectivity index (χ1n) is 3.75. The molecule has 60 valence electrons. The predicted octanol–water partition coefficient (Wildman–Crippen LogP) is 1.24. The minimum Gasteiger partial charge on any atom is -0.325 e. The minimum atomic E-state index is 0.376. The standard InChI is InChI=1S/C9H8N2O/c12-7-6-11-5-3-8-2-1-4-10-9(8)11/h1-5,7H,6H2. The molecule has 0 radical (unpaired) electrons. The second-order valence-corrected chi connectivity index (χ2v) is 2.55. The fourth-order valence-corrected chi connectivity index (χ4v) is 1.25. The summed E-state index contributed by atoms with van der Waals surface area (Å²) in [6.45, 7) is 0.376. The smallest absolute Gasteiger partial charge is 0.140 e. The second-order valence-electron chi connectivity index (χ2n) is 2.55. The van der Waals surface area contributed by atoms with Gasteiger partial charge in [0.15, 0.2) is 0 Å². The number of hydrogen-bond donors (Lipinski definition) is 0. The predicted molar refractivity (Wildman–Crippen MR) is 45.8 cm³/mol. The van der Waals surface area contributed by atoms with E-state index in [4.69, 9.17) is 0 Å². The third-order valence-electron chi connectivity index (χ3n) is 1.79. The summed E-state index contributed by atoms with van der Waals surface area (Å²) in [5.41, 5.74) is 0.865. The van der Waals surface area contributed by atoms with Crippen molar-refractivity contribution >= 4 is 17.3 Å². The van der Waals surface area contributed by atoms with Gasteiger partial charge in [-0.25, -0.2) is 4.98 Å². The van der Waals surface area contributed by atoms with Crippen LogP contribution < -0.4 is 0 Å². The highest BCUT2D eigenvalue weighted by atomic mass is 16.1. The summed E-state index contributed by atoms with van der Waals surface area (Å²) in [5, 5.41) is 1.07. The maximum atomic E-state index is 10.3. The molecule has 0 N–H and O–H groups in total.